The number of carbonyl (C=O) groups excluding carboxylic acids is 1. The fraction of sp³-hybridized carbons (Fsp3) is 0.211. The average Bonchev–Trinajstić information content (AvgIpc) is 3.28. The van der Waals surface area contributed by atoms with Crippen molar-refractivity contribution in [3.8, 4) is 0 Å². The Kier molecular flexibility index (Phi) is 4.89. The first-order chi connectivity index (χ1) is 13.5. The largest absolute Gasteiger partial charge is 0.352 e. The van der Waals surface area contributed by atoms with Crippen molar-refractivity contribution in [3.63, 3.8) is 0 Å². The summed E-state index contributed by atoms with van der Waals surface area (Å²) < 4.78 is 0. The third kappa shape index (κ3) is 3.51. The van der Waals surface area contributed by atoms with E-state index in [2.05, 4.69) is 26.3 Å². The van der Waals surface area contributed by atoms with Crippen molar-refractivity contribution in [2.45, 2.75) is 13.1 Å². The SMILES string of the molecule is CCNC(=O)c1ccc(C2N=C(Nc3ccc4[nH]ncc4c3)N(C)N2)cc1Cl. The second kappa shape index (κ2) is 7.49. The normalized spacial score (nSPS) is 16.3. The van der Waals surface area contributed by atoms with Gasteiger partial charge < -0.3 is 10.6 Å². The van der Waals surface area contributed by atoms with E-state index in [1.165, 1.54) is 0 Å². The van der Waals surface area contributed by atoms with Gasteiger partial charge in [0, 0.05) is 24.7 Å². The van der Waals surface area contributed by atoms with E-state index in [4.69, 9.17) is 16.6 Å². The van der Waals surface area contributed by atoms with Crippen LogP contribution in [0, 0.1) is 0 Å². The molecular weight excluding hydrogens is 378 g/mol. The summed E-state index contributed by atoms with van der Waals surface area (Å²) >= 11 is 6.31. The maximum Gasteiger partial charge on any atom is 0.252 e. The molecule has 0 saturated carbocycles. The summed E-state index contributed by atoms with van der Waals surface area (Å²) in [6, 6.07) is 11.3. The molecular formula is C19H20ClN7O. The zero-order chi connectivity index (χ0) is 19.7. The molecule has 0 bridgehead atoms. The fourth-order valence-corrected chi connectivity index (χ4v) is 3.31. The Morgan fingerprint density at radius 3 is 2.93 bits per heavy atom. The maximum absolute atomic E-state index is 12.0. The van der Waals surface area contributed by atoms with Crippen LogP contribution in [0.1, 0.15) is 29.0 Å². The van der Waals surface area contributed by atoms with Crippen LogP contribution < -0.4 is 16.1 Å². The lowest BCUT2D eigenvalue weighted by molar-refractivity contribution is 0.0956. The molecule has 144 valence electrons. The summed E-state index contributed by atoms with van der Waals surface area (Å²) in [5.74, 6) is 0.493. The van der Waals surface area contributed by atoms with Crippen molar-refractivity contribution in [3.05, 3.63) is 58.7 Å². The van der Waals surface area contributed by atoms with Crippen LogP contribution in [-0.2, 0) is 0 Å². The number of nitrogens with zero attached hydrogens (tertiary/aromatic N) is 3. The van der Waals surface area contributed by atoms with E-state index in [0.717, 1.165) is 22.2 Å². The number of hydrogen-bond donors (Lipinski definition) is 4. The number of aromatic nitrogens is 2. The third-order valence-corrected chi connectivity index (χ3v) is 4.78. The number of hydrazine groups is 1. The van der Waals surface area contributed by atoms with Crippen LogP contribution in [0.15, 0.2) is 47.6 Å². The number of H-pyrrole nitrogens is 1. The predicted molar refractivity (Wildman–Crippen MR) is 110 cm³/mol. The van der Waals surface area contributed by atoms with Crippen LogP contribution in [-0.4, -0.2) is 40.7 Å². The molecule has 1 aliphatic rings. The van der Waals surface area contributed by atoms with Crippen molar-refractivity contribution in [1.82, 2.24) is 25.9 Å². The van der Waals surface area contributed by atoms with Crippen LogP contribution in [0.3, 0.4) is 0 Å². The van der Waals surface area contributed by atoms with Gasteiger partial charge in [-0.2, -0.15) is 5.10 Å². The first-order valence-corrected chi connectivity index (χ1v) is 9.28. The van der Waals surface area contributed by atoms with E-state index < -0.39 is 0 Å². The number of fused-ring (bicyclic) bond motifs is 1. The van der Waals surface area contributed by atoms with E-state index in [-0.39, 0.29) is 12.1 Å². The summed E-state index contributed by atoms with van der Waals surface area (Å²) in [6.45, 7) is 2.42. The van der Waals surface area contributed by atoms with Crippen molar-refractivity contribution in [1.29, 1.82) is 0 Å². The molecule has 8 nitrogen and oxygen atoms in total. The molecule has 3 aromatic rings. The second-order valence-electron chi connectivity index (χ2n) is 6.44. The van der Waals surface area contributed by atoms with E-state index in [1.54, 1.807) is 18.3 Å². The number of guanidine groups is 1. The van der Waals surface area contributed by atoms with Gasteiger partial charge in [0.25, 0.3) is 5.91 Å². The Morgan fingerprint density at radius 1 is 1.29 bits per heavy atom. The van der Waals surface area contributed by atoms with Gasteiger partial charge in [-0.25, -0.2) is 10.4 Å². The molecule has 1 unspecified atom stereocenters. The van der Waals surface area contributed by atoms with E-state index in [0.29, 0.717) is 23.1 Å². The van der Waals surface area contributed by atoms with Gasteiger partial charge in [-0.1, -0.05) is 17.7 Å². The molecule has 4 N–H and O–H groups in total. The molecule has 1 aromatic heterocycles. The molecule has 4 rings (SSSR count). The first kappa shape index (κ1) is 18.3. The van der Waals surface area contributed by atoms with Gasteiger partial charge in [0.15, 0.2) is 0 Å². The number of benzene rings is 2. The number of rotatable bonds is 4. The number of carbonyl (C=O) groups is 1. The zero-order valence-corrected chi connectivity index (χ0v) is 16.2. The van der Waals surface area contributed by atoms with Gasteiger partial charge in [0.05, 0.1) is 22.3 Å². The lowest BCUT2D eigenvalue weighted by Gasteiger charge is -2.17. The number of halogens is 1. The summed E-state index contributed by atoms with van der Waals surface area (Å²) in [5.41, 5.74) is 6.47. The van der Waals surface area contributed by atoms with Gasteiger partial charge in [-0.3, -0.25) is 14.9 Å². The molecule has 28 heavy (non-hydrogen) atoms. The topological polar surface area (TPSA) is 97.4 Å². The number of aliphatic imine (C=N–C) groups is 1. The van der Waals surface area contributed by atoms with Gasteiger partial charge in [-0.05, 0) is 42.8 Å². The monoisotopic (exact) mass is 397 g/mol. The lowest BCUT2D eigenvalue weighted by atomic mass is 10.1. The van der Waals surface area contributed by atoms with Crippen LogP contribution in [0.4, 0.5) is 5.69 Å². The molecule has 0 saturated heterocycles. The highest BCUT2D eigenvalue weighted by Gasteiger charge is 2.24. The molecule has 2 heterocycles. The zero-order valence-electron chi connectivity index (χ0n) is 15.5. The number of anilines is 1. The Hall–Kier alpha value is -3.10. The maximum atomic E-state index is 12.0. The molecule has 2 aromatic carbocycles. The fourth-order valence-electron chi connectivity index (χ4n) is 3.04. The summed E-state index contributed by atoms with van der Waals surface area (Å²) in [6.07, 6.45) is 1.48. The van der Waals surface area contributed by atoms with Crippen LogP contribution in [0.2, 0.25) is 5.02 Å². The molecule has 0 radical (unpaired) electrons. The van der Waals surface area contributed by atoms with Gasteiger partial charge in [-0.15, -0.1) is 0 Å². The summed E-state index contributed by atoms with van der Waals surface area (Å²) in [5, 5.41) is 16.3. The van der Waals surface area contributed by atoms with Gasteiger partial charge in [0.2, 0.25) is 5.96 Å². The molecule has 1 atom stereocenters. The minimum absolute atomic E-state index is 0.184. The Morgan fingerprint density at radius 2 is 2.14 bits per heavy atom. The number of nitrogens with one attached hydrogen (secondary N) is 4. The Labute approximate surface area is 166 Å². The minimum atomic E-state index is -0.300. The molecule has 0 fully saturated rings. The van der Waals surface area contributed by atoms with E-state index in [9.17, 15) is 4.79 Å². The smallest absolute Gasteiger partial charge is 0.252 e. The molecule has 0 aliphatic carbocycles. The Bertz CT molecular complexity index is 1060. The number of amides is 1. The van der Waals surface area contributed by atoms with Crippen LogP contribution >= 0.6 is 11.6 Å². The molecule has 0 spiro atoms. The van der Waals surface area contributed by atoms with Crippen LogP contribution in [0.5, 0.6) is 0 Å². The molecule has 1 aliphatic heterocycles. The van der Waals surface area contributed by atoms with Crippen molar-refractivity contribution >= 4 is 40.1 Å². The highest BCUT2D eigenvalue weighted by Crippen LogP contribution is 2.26. The average molecular weight is 398 g/mol. The van der Waals surface area contributed by atoms with Crippen molar-refractivity contribution in [2.24, 2.45) is 4.99 Å². The first-order valence-electron chi connectivity index (χ1n) is 8.90. The highest BCUT2D eigenvalue weighted by atomic mass is 35.5. The molecule has 1 amide bonds. The second-order valence-corrected chi connectivity index (χ2v) is 6.85. The quantitative estimate of drug-likeness (QED) is 0.542. The van der Waals surface area contributed by atoms with Crippen molar-refractivity contribution in [2.75, 3.05) is 18.9 Å². The van der Waals surface area contributed by atoms with Gasteiger partial charge >= 0.3 is 0 Å². The third-order valence-electron chi connectivity index (χ3n) is 4.47. The number of hydrogen-bond acceptors (Lipinski definition) is 6. The lowest BCUT2D eigenvalue weighted by Crippen LogP contribution is -2.37. The number of aromatic amines is 1. The van der Waals surface area contributed by atoms with Gasteiger partial charge in [0.1, 0.15) is 6.17 Å². The van der Waals surface area contributed by atoms with E-state index >= 15 is 0 Å². The standard InChI is InChI=1S/C19H20ClN7O/c1-3-21-18(28)14-6-4-11(9-15(14)20)17-24-19(27(2)26-17)23-13-5-7-16-12(8-13)10-22-25-16/h4-10,17,26H,3H2,1-2H3,(H,21,28)(H,22,25)(H,23,24). The van der Waals surface area contributed by atoms with E-state index in [1.807, 2.05) is 43.2 Å². The summed E-state index contributed by atoms with van der Waals surface area (Å²) in [7, 11) is 1.88. The highest BCUT2D eigenvalue weighted by molar-refractivity contribution is 6.33. The minimum Gasteiger partial charge on any atom is -0.352 e. The van der Waals surface area contributed by atoms with Crippen LogP contribution in [0.25, 0.3) is 10.9 Å². The molecule has 9 heteroatoms. The summed E-state index contributed by atoms with van der Waals surface area (Å²) in [4.78, 5) is 16.7. The predicted octanol–water partition coefficient (Wildman–Crippen LogP) is 2.88. The Balaban J connectivity index is 1.54. The van der Waals surface area contributed by atoms with Crippen molar-refractivity contribution < 1.29 is 4.79 Å².